The summed E-state index contributed by atoms with van der Waals surface area (Å²) in [7, 11) is 0. The Bertz CT molecular complexity index is 733. The fourth-order valence-corrected chi connectivity index (χ4v) is 8.38. The second-order valence-corrected chi connectivity index (χ2v) is 10.9. The first-order valence-electron chi connectivity index (χ1n) is 11.1. The predicted molar refractivity (Wildman–Crippen MR) is 103 cm³/mol. The monoisotopic (exact) mass is 390 g/mol. The third-order valence-corrected chi connectivity index (χ3v) is 10.1. The van der Waals surface area contributed by atoms with Crippen LogP contribution in [0.2, 0.25) is 0 Å². The van der Waals surface area contributed by atoms with Crippen molar-refractivity contribution in [3.63, 3.8) is 0 Å². The van der Waals surface area contributed by atoms with Gasteiger partial charge in [-0.15, -0.1) is 0 Å². The van der Waals surface area contributed by atoms with Gasteiger partial charge >= 0.3 is 5.97 Å². The van der Waals surface area contributed by atoms with Gasteiger partial charge in [-0.3, -0.25) is 0 Å². The number of ether oxygens (including phenoxy) is 1. The summed E-state index contributed by atoms with van der Waals surface area (Å²) in [5.41, 5.74) is -0.999. The zero-order valence-electron chi connectivity index (χ0n) is 17.1. The van der Waals surface area contributed by atoms with Gasteiger partial charge in [-0.2, -0.15) is 0 Å². The molecule has 8 atom stereocenters. The topological polar surface area (TPSA) is 87.0 Å². The van der Waals surface area contributed by atoms with Crippen LogP contribution < -0.4 is 0 Å². The first-order chi connectivity index (χ1) is 13.1. The van der Waals surface area contributed by atoms with Crippen molar-refractivity contribution in [1.29, 1.82) is 0 Å². The van der Waals surface area contributed by atoms with Gasteiger partial charge in [0.15, 0.2) is 0 Å². The third kappa shape index (κ3) is 2.21. The van der Waals surface area contributed by atoms with Gasteiger partial charge in [0.1, 0.15) is 6.61 Å². The number of rotatable bonds is 1. The van der Waals surface area contributed by atoms with E-state index in [9.17, 15) is 20.1 Å². The second-order valence-electron chi connectivity index (χ2n) is 10.9. The van der Waals surface area contributed by atoms with E-state index < -0.39 is 17.3 Å². The average Bonchev–Trinajstić information content (AvgIpc) is 3.17. The molecule has 4 aliphatic carbocycles. The van der Waals surface area contributed by atoms with E-state index in [2.05, 4.69) is 13.8 Å². The quantitative estimate of drug-likeness (QED) is 0.599. The molecule has 0 saturated heterocycles. The number of aliphatic hydroxyl groups is 3. The summed E-state index contributed by atoms with van der Waals surface area (Å²) in [6.45, 7) is 4.80. The Balaban J connectivity index is 1.49. The first kappa shape index (κ1) is 19.1. The molecule has 1 unspecified atom stereocenters. The molecule has 0 spiro atoms. The number of hydrogen-bond acceptors (Lipinski definition) is 5. The Labute approximate surface area is 167 Å². The van der Waals surface area contributed by atoms with Crippen LogP contribution in [0.4, 0.5) is 0 Å². The Morgan fingerprint density at radius 1 is 0.964 bits per heavy atom. The molecule has 156 valence electrons. The second kappa shape index (κ2) is 5.83. The third-order valence-electron chi connectivity index (χ3n) is 10.1. The average molecular weight is 391 g/mol. The molecule has 5 nitrogen and oxygen atoms in total. The van der Waals surface area contributed by atoms with Gasteiger partial charge in [0.25, 0.3) is 0 Å². The molecule has 28 heavy (non-hydrogen) atoms. The highest BCUT2D eigenvalue weighted by Crippen LogP contribution is 2.70. The lowest BCUT2D eigenvalue weighted by molar-refractivity contribution is -0.254. The van der Waals surface area contributed by atoms with Crippen LogP contribution in [0.5, 0.6) is 0 Å². The maximum absolute atomic E-state index is 12.1. The zero-order chi connectivity index (χ0) is 19.9. The van der Waals surface area contributed by atoms with Crippen LogP contribution >= 0.6 is 0 Å². The van der Waals surface area contributed by atoms with Gasteiger partial charge in [-0.25, -0.2) is 4.79 Å². The maximum Gasteiger partial charge on any atom is 0.331 e. The largest absolute Gasteiger partial charge is 0.458 e. The molecule has 4 saturated carbocycles. The van der Waals surface area contributed by atoms with E-state index in [4.69, 9.17) is 4.74 Å². The summed E-state index contributed by atoms with van der Waals surface area (Å²) in [5, 5.41) is 33.8. The molecule has 1 heterocycles. The number of esters is 1. The smallest absolute Gasteiger partial charge is 0.331 e. The molecule has 5 rings (SSSR count). The van der Waals surface area contributed by atoms with Crippen LogP contribution in [0, 0.1) is 28.6 Å². The molecule has 3 N–H and O–H groups in total. The molecule has 0 aromatic carbocycles. The van der Waals surface area contributed by atoms with E-state index in [0.717, 1.165) is 50.5 Å². The predicted octanol–water partition coefficient (Wildman–Crippen LogP) is 2.72. The standard InChI is InChI=1S/C23H34O5/c1-20-7-3-15(24)12-22(20,26)9-5-18-17(20)4-8-21(2)16(6-10-23(18,21)27)14-11-19(25)28-13-14/h11,15-18,24,26-27H,3-10,12-13H2,1-2H3/t15-,16+,17-,18+,20+,21+,22?,23-/m0/s1. The van der Waals surface area contributed by atoms with E-state index in [1.165, 1.54) is 0 Å². The normalized spacial score (nSPS) is 55.8. The molecule has 5 heteroatoms. The Morgan fingerprint density at radius 3 is 2.39 bits per heavy atom. The number of hydrogen-bond donors (Lipinski definition) is 3. The molecule has 0 amide bonds. The highest BCUT2D eigenvalue weighted by molar-refractivity contribution is 5.85. The SMILES string of the molecule is C[C@]12CC[C@H](O)CC1(O)CC[C@@H]1[C@@H]2CC[C@]2(C)[C@@H](C3=CC(=O)OC3)CC[C@]12O. The van der Waals surface area contributed by atoms with Crippen molar-refractivity contribution >= 4 is 5.97 Å². The van der Waals surface area contributed by atoms with Crippen molar-refractivity contribution in [1.82, 2.24) is 0 Å². The summed E-state index contributed by atoms with van der Waals surface area (Å²) in [4.78, 5) is 11.6. The van der Waals surface area contributed by atoms with E-state index in [0.29, 0.717) is 19.4 Å². The van der Waals surface area contributed by atoms with Crippen molar-refractivity contribution in [2.75, 3.05) is 6.61 Å². The first-order valence-corrected chi connectivity index (χ1v) is 11.1. The maximum atomic E-state index is 12.1. The number of aliphatic hydroxyl groups excluding tert-OH is 1. The van der Waals surface area contributed by atoms with Crippen LogP contribution in [0.15, 0.2) is 11.6 Å². The van der Waals surface area contributed by atoms with Crippen LogP contribution in [0.3, 0.4) is 0 Å². The van der Waals surface area contributed by atoms with Crippen molar-refractivity contribution in [2.24, 2.45) is 28.6 Å². The minimum atomic E-state index is -0.817. The Morgan fingerprint density at radius 2 is 1.68 bits per heavy atom. The van der Waals surface area contributed by atoms with Crippen molar-refractivity contribution in [2.45, 2.75) is 88.9 Å². The van der Waals surface area contributed by atoms with E-state index in [1.807, 2.05) is 0 Å². The molecule has 0 radical (unpaired) electrons. The molecule has 5 aliphatic rings. The minimum Gasteiger partial charge on any atom is -0.458 e. The zero-order valence-corrected chi connectivity index (χ0v) is 17.1. The van der Waals surface area contributed by atoms with Crippen LogP contribution in [0.1, 0.15) is 71.6 Å². The van der Waals surface area contributed by atoms with Crippen LogP contribution in [-0.4, -0.2) is 45.2 Å². The molecule has 0 bridgehead atoms. The molecule has 0 aromatic heterocycles. The van der Waals surface area contributed by atoms with Crippen LogP contribution in [0.25, 0.3) is 0 Å². The number of carbonyl (C=O) groups excluding carboxylic acids is 1. The summed E-state index contributed by atoms with van der Waals surface area (Å²) in [6.07, 6.45) is 8.33. The molecule has 4 fully saturated rings. The van der Waals surface area contributed by atoms with E-state index in [-0.39, 0.29) is 34.6 Å². The van der Waals surface area contributed by atoms with Crippen molar-refractivity contribution in [3.05, 3.63) is 11.6 Å². The van der Waals surface area contributed by atoms with Gasteiger partial charge in [0.2, 0.25) is 0 Å². The lowest BCUT2D eigenvalue weighted by Crippen LogP contribution is -2.67. The lowest BCUT2D eigenvalue weighted by atomic mass is 9.42. The molecular weight excluding hydrogens is 356 g/mol. The fraction of sp³-hybridized carbons (Fsp3) is 0.870. The lowest BCUT2D eigenvalue weighted by Gasteiger charge is -2.66. The number of cyclic esters (lactones) is 1. The number of fused-ring (bicyclic) bond motifs is 5. The molecular formula is C23H34O5. The van der Waals surface area contributed by atoms with E-state index >= 15 is 0 Å². The van der Waals surface area contributed by atoms with Gasteiger partial charge in [0, 0.05) is 17.9 Å². The van der Waals surface area contributed by atoms with Gasteiger partial charge in [-0.05, 0) is 80.1 Å². The summed E-state index contributed by atoms with van der Waals surface area (Å²) in [5.74, 6) is 0.409. The molecule has 0 aromatic rings. The van der Waals surface area contributed by atoms with Gasteiger partial charge in [0.05, 0.1) is 17.3 Å². The fourth-order valence-electron chi connectivity index (χ4n) is 8.38. The van der Waals surface area contributed by atoms with Crippen molar-refractivity contribution < 1.29 is 24.9 Å². The highest BCUT2D eigenvalue weighted by atomic mass is 16.5. The Kier molecular flexibility index (Phi) is 3.97. The summed E-state index contributed by atoms with van der Waals surface area (Å²) < 4.78 is 5.18. The minimum absolute atomic E-state index is 0.176. The summed E-state index contributed by atoms with van der Waals surface area (Å²) in [6, 6.07) is 0. The van der Waals surface area contributed by atoms with Crippen molar-refractivity contribution in [3.8, 4) is 0 Å². The van der Waals surface area contributed by atoms with Gasteiger partial charge < -0.3 is 20.1 Å². The van der Waals surface area contributed by atoms with Gasteiger partial charge in [-0.1, -0.05) is 13.8 Å². The van der Waals surface area contributed by atoms with E-state index in [1.54, 1.807) is 6.08 Å². The van der Waals surface area contributed by atoms with Crippen LogP contribution in [-0.2, 0) is 9.53 Å². The summed E-state index contributed by atoms with van der Waals surface area (Å²) >= 11 is 0. The highest BCUT2D eigenvalue weighted by Gasteiger charge is 2.70. The Hall–Kier alpha value is -0.910. The molecule has 1 aliphatic heterocycles. The number of carbonyl (C=O) groups is 1.